The molecule has 3 rings (SSSR count). The minimum absolute atomic E-state index is 0.0425. The third-order valence-corrected chi connectivity index (χ3v) is 4.37. The van der Waals surface area contributed by atoms with Gasteiger partial charge >= 0.3 is 17.8 Å². The van der Waals surface area contributed by atoms with E-state index >= 15 is 0 Å². The molecule has 1 heterocycles. The van der Waals surface area contributed by atoms with Gasteiger partial charge in [0.2, 0.25) is 5.91 Å². The predicted molar refractivity (Wildman–Crippen MR) is 90.8 cm³/mol. The van der Waals surface area contributed by atoms with Crippen molar-refractivity contribution in [3.63, 3.8) is 0 Å². The highest BCUT2D eigenvalue weighted by Gasteiger charge is 2.45. The van der Waals surface area contributed by atoms with Crippen molar-refractivity contribution in [2.24, 2.45) is 5.92 Å². The normalized spacial score (nSPS) is 16.8. The van der Waals surface area contributed by atoms with Crippen molar-refractivity contribution in [2.45, 2.75) is 33.1 Å². The van der Waals surface area contributed by atoms with Crippen LogP contribution in [-0.4, -0.2) is 46.6 Å². The van der Waals surface area contributed by atoms with Gasteiger partial charge in [-0.15, -0.1) is 0 Å². The molecule has 0 saturated carbocycles. The lowest BCUT2D eigenvalue weighted by Crippen LogP contribution is -2.39. The van der Waals surface area contributed by atoms with Crippen LogP contribution in [0.4, 0.5) is 10.5 Å². The number of amides is 5. The summed E-state index contributed by atoms with van der Waals surface area (Å²) in [6.07, 6.45) is 3.15. The fraction of sp³-hybridized carbons (Fsp3) is 0.444. The average Bonchev–Trinajstić information content (AvgIpc) is 3.09. The zero-order chi connectivity index (χ0) is 18.1. The second-order valence-electron chi connectivity index (χ2n) is 6.87. The maximum atomic E-state index is 12.2. The highest BCUT2D eigenvalue weighted by Crippen LogP contribution is 2.25. The van der Waals surface area contributed by atoms with Gasteiger partial charge in [-0.05, 0) is 48.4 Å². The van der Waals surface area contributed by atoms with Crippen LogP contribution in [0.5, 0.6) is 0 Å². The van der Waals surface area contributed by atoms with Crippen LogP contribution in [-0.2, 0) is 27.2 Å². The first-order valence-electron chi connectivity index (χ1n) is 8.46. The smallest absolute Gasteiger partial charge is 0.325 e. The SMILES string of the molecule is CC(C)CN1C(=O)C(=O)N(CC(=O)Nc2ccc3c(c2)CCC3)C1=O. The van der Waals surface area contributed by atoms with E-state index < -0.39 is 30.3 Å². The monoisotopic (exact) mass is 343 g/mol. The number of carbonyl (C=O) groups excluding carboxylic acids is 4. The number of nitrogens with one attached hydrogen (secondary N) is 1. The minimum Gasteiger partial charge on any atom is -0.325 e. The van der Waals surface area contributed by atoms with Gasteiger partial charge in [0.15, 0.2) is 0 Å². The van der Waals surface area contributed by atoms with Gasteiger partial charge in [0.25, 0.3) is 0 Å². The molecule has 7 nitrogen and oxygen atoms in total. The van der Waals surface area contributed by atoms with Crippen LogP contribution in [0.15, 0.2) is 18.2 Å². The van der Waals surface area contributed by atoms with E-state index in [1.54, 1.807) is 0 Å². The standard InChI is InChI=1S/C18H21N3O4/c1-11(2)9-20-16(23)17(24)21(18(20)25)10-15(22)19-14-7-6-12-4-3-5-13(12)8-14/h6-8,11H,3-5,9-10H2,1-2H3,(H,19,22). The topological polar surface area (TPSA) is 86.8 Å². The van der Waals surface area contributed by atoms with E-state index in [-0.39, 0.29) is 12.5 Å². The molecule has 132 valence electrons. The first-order valence-corrected chi connectivity index (χ1v) is 8.46. The van der Waals surface area contributed by atoms with E-state index in [0.29, 0.717) is 10.6 Å². The Morgan fingerprint density at radius 1 is 1.08 bits per heavy atom. The molecular weight excluding hydrogens is 322 g/mol. The number of carbonyl (C=O) groups is 4. The predicted octanol–water partition coefficient (Wildman–Crippen LogP) is 1.56. The van der Waals surface area contributed by atoms with Gasteiger partial charge < -0.3 is 5.32 Å². The number of hydrogen-bond donors (Lipinski definition) is 1. The van der Waals surface area contributed by atoms with Crippen molar-refractivity contribution in [3.8, 4) is 0 Å². The number of urea groups is 1. The summed E-state index contributed by atoms with van der Waals surface area (Å²) < 4.78 is 0. The van der Waals surface area contributed by atoms with Gasteiger partial charge in [-0.1, -0.05) is 19.9 Å². The summed E-state index contributed by atoms with van der Waals surface area (Å²) in [6.45, 7) is 3.38. The molecule has 1 fully saturated rings. The van der Waals surface area contributed by atoms with Crippen LogP contribution < -0.4 is 5.32 Å². The van der Waals surface area contributed by atoms with Gasteiger partial charge in [-0.2, -0.15) is 0 Å². The molecular formula is C18H21N3O4. The maximum absolute atomic E-state index is 12.2. The van der Waals surface area contributed by atoms with Gasteiger partial charge in [-0.25, -0.2) is 9.69 Å². The van der Waals surface area contributed by atoms with E-state index in [2.05, 4.69) is 5.32 Å². The van der Waals surface area contributed by atoms with Crippen molar-refractivity contribution in [3.05, 3.63) is 29.3 Å². The van der Waals surface area contributed by atoms with Gasteiger partial charge in [0.05, 0.1) is 0 Å². The molecule has 1 aromatic carbocycles. The summed E-state index contributed by atoms with van der Waals surface area (Å²) >= 11 is 0. The third-order valence-electron chi connectivity index (χ3n) is 4.37. The van der Waals surface area contributed by atoms with Crippen molar-refractivity contribution in [2.75, 3.05) is 18.4 Å². The number of nitrogens with zero attached hydrogens (tertiary/aromatic N) is 2. The Bertz CT molecular complexity index is 757. The highest BCUT2D eigenvalue weighted by molar-refractivity contribution is 6.45. The Balaban J connectivity index is 1.65. The Morgan fingerprint density at radius 3 is 2.48 bits per heavy atom. The zero-order valence-electron chi connectivity index (χ0n) is 14.4. The Hall–Kier alpha value is -2.70. The van der Waals surface area contributed by atoms with Crippen LogP contribution in [0, 0.1) is 5.92 Å². The largest absolute Gasteiger partial charge is 0.334 e. The molecule has 2 aliphatic rings. The van der Waals surface area contributed by atoms with Crippen LogP contribution in [0.1, 0.15) is 31.4 Å². The van der Waals surface area contributed by atoms with Crippen LogP contribution >= 0.6 is 0 Å². The molecule has 5 amide bonds. The first-order chi connectivity index (χ1) is 11.9. The summed E-state index contributed by atoms with van der Waals surface area (Å²) in [5, 5.41) is 2.70. The van der Waals surface area contributed by atoms with E-state index in [9.17, 15) is 19.2 Å². The van der Waals surface area contributed by atoms with Gasteiger partial charge in [0, 0.05) is 12.2 Å². The molecule has 1 aliphatic heterocycles. The maximum Gasteiger partial charge on any atom is 0.334 e. The molecule has 0 radical (unpaired) electrons. The molecule has 1 saturated heterocycles. The van der Waals surface area contributed by atoms with Gasteiger partial charge in [-0.3, -0.25) is 19.3 Å². The lowest BCUT2D eigenvalue weighted by molar-refractivity contribution is -0.143. The highest BCUT2D eigenvalue weighted by atomic mass is 16.2. The Morgan fingerprint density at radius 2 is 1.76 bits per heavy atom. The summed E-state index contributed by atoms with van der Waals surface area (Å²) in [6, 6.07) is 4.99. The second kappa shape index (κ2) is 6.66. The van der Waals surface area contributed by atoms with E-state index in [1.165, 1.54) is 11.1 Å². The third kappa shape index (κ3) is 3.40. The number of fused-ring (bicyclic) bond motifs is 1. The molecule has 0 bridgehead atoms. The molecule has 1 N–H and O–H groups in total. The number of hydrogen-bond acceptors (Lipinski definition) is 4. The number of aryl methyl sites for hydroxylation is 2. The van der Waals surface area contributed by atoms with Crippen molar-refractivity contribution in [1.82, 2.24) is 9.80 Å². The van der Waals surface area contributed by atoms with Crippen LogP contribution in [0.3, 0.4) is 0 Å². The number of imide groups is 2. The molecule has 0 spiro atoms. The number of benzene rings is 1. The minimum atomic E-state index is -0.949. The number of anilines is 1. The summed E-state index contributed by atoms with van der Waals surface area (Å²) in [7, 11) is 0. The molecule has 7 heteroatoms. The molecule has 0 atom stereocenters. The Labute approximate surface area is 146 Å². The van der Waals surface area contributed by atoms with Crippen molar-refractivity contribution >= 4 is 29.4 Å². The van der Waals surface area contributed by atoms with E-state index in [0.717, 1.165) is 24.2 Å². The summed E-state index contributed by atoms with van der Waals surface area (Å²) in [4.78, 5) is 49.9. The second-order valence-corrected chi connectivity index (χ2v) is 6.87. The fourth-order valence-corrected chi connectivity index (χ4v) is 3.21. The molecule has 1 aliphatic carbocycles. The van der Waals surface area contributed by atoms with Crippen molar-refractivity contribution < 1.29 is 19.2 Å². The Kier molecular flexibility index (Phi) is 4.57. The van der Waals surface area contributed by atoms with Crippen LogP contribution in [0.25, 0.3) is 0 Å². The van der Waals surface area contributed by atoms with E-state index in [1.807, 2.05) is 32.0 Å². The zero-order valence-corrected chi connectivity index (χ0v) is 14.4. The fourth-order valence-electron chi connectivity index (χ4n) is 3.21. The summed E-state index contributed by atoms with van der Waals surface area (Å²) in [5.74, 6) is -2.28. The van der Waals surface area contributed by atoms with Crippen LogP contribution in [0.2, 0.25) is 0 Å². The average molecular weight is 343 g/mol. The van der Waals surface area contributed by atoms with E-state index in [4.69, 9.17) is 0 Å². The van der Waals surface area contributed by atoms with Gasteiger partial charge in [0.1, 0.15) is 6.54 Å². The lowest BCUT2D eigenvalue weighted by atomic mass is 10.1. The first kappa shape index (κ1) is 17.1. The molecule has 0 aromatic heterocycles. The molecule has 0 unspecified atom stereocenters. The molecule has 1 aromatic rings. The molecule has 25 heavy (non-hydrogen) atoms. The quantitative estimate of drug-likeness (QED) is 0.649. The lowest BCUT2D eigenvalue weighted by Gasteiger charge is -2.17. The summed E-state index contributed by atoms with van der Waals surface area (Å²) in [5.41, 5.74) is 3.14. The number of rotatable bonds is 5. The van der Waals surface area contributed by atoms with Crippen molar-refractivity contribution in [1.29, 1.82) is 0 Å².